The molecule has 1 heterocycles. The Bertz CT molecular complexity index is 530. The molecule has 1 saturated heterocycles. The van der Waals surface area contributed by atoms with Crippen molar-refractivity contribution in [3.8, 4) is 0 Å². The van der Waals surface area contributed by atoms with Crippen molar-refractivity contribution in [2.75, 3.05) is 6.54 Å². The number of amides is 1. The Morgan fingerprint density at radius 2 is 2.05 bits per heavy atom. The number of likely N-dealkylation sites (tertiary alicyclic amines) is 1. The number of carbonyl (C=O) groups is 2. The zero-order chi connectivity index (χ0) is 14.8. The van der Waals surface area contributed by atoms with E-state index >= 15 is 0 Å². The monoisotopic (exact) mass is 276 g/mol. The molecule has 1 aliphatic heterocycles. The van der Waals surface area contributed by atoms with Gasteiger partial charge in [-0.25, -0.2) is 0 Å². The van der Waals surface area contributed by atoms with Gasteiger partial charge in [-0.1, -0.05) is 18.2 Å². The molecule has 1 aliphatic rings. The fourth-order valence-corrected chi connectivity index (χ4v) is 2.78. The molecular weight excluding hydrogens is 256 g/mol. The van der Waals surface area contributed by atoms with Crippen molar-refractivity contribution in [2.45, 2.75) is 38.3 Å². The van der Waals surface area contributed by atoms with Gasteiger partial charge in [0.15, 0.2) is 0 Å². The van der Waals surface area contributed by atoms with E-state index in [1.807, 2.05) is 17.0 Å². The minimum absolute atomic E-state index is 0.432. The molecule has 1 aromatic rings. The highest BCUT2D eigenvalue weighted by Gasteiger charge is 2.41. The van der Waals surface area contributed by atoms with Gasteiger partial charge in [0.25, 0.3) is 0 Å². The molecule has 1 atom stereocenters. The number of carboxylic acids is 1. The molecule has 0 spiro atoms. The lowest BCUT2D eigenvalue weighted by molar-refractivity contribution is -0.153. The van der Waals surface area contributed by atoms with Gasteiger partial charge in [0.05, 0.1) is 0 Å². The van der Waals surface area contributed by atoms with E-state index in [-0.39, 0.29) is 0 Å². The number of carbonyl (C=O) groups excluding carboxylic acids is 1. The minimum atomic E-state index is -0.872. The summed E-state index contributed by atoms with van der Waals surface area (Å²) >= 11 is 0. The topological polar surface area (TPSA) is 83.6 Å². The van der Waals surface area contributed by atoms with E-state index < -0.39 is 17.4 Å². The second kappa shape index (κ2) is 5.63. The fraction of sp³-hybridized carbons (Fsp3) is 0.467. The van der Waals surface area contributed by atoms with Crippen molar-refractivity contribution >= 4 is 11.9 Å². The molecule has 5 heteroatoms. The van der Waals surface area contributed by atoms with Crippen molar-refractivity contribution in [2.24, 2.45) is 5.73 Å². The molecule has 1 amide bonds. The van der Waals surface area contributed by atoms with Gasteiger partial charge in [-0.15, -0.1) is 0 Å². The van der Waals surface area contributed by atoms with Crippen molar-refractivity contribution in [3.05, 3.63) is 35.4 Å². The largest absolute Gasteiger partial charge is 0.480 e. The highest BCUT2D eigenvalue weighted by Crippen LogP contribution is 2.30. The summed E-state index contributed by atoms with van der Waals surface area (Å²) in [5.74, 6) is -1.29. The number of rotatable bonds is 4. The first-order valence-electron chi connectivity index (χ1n) is 6.81. The Morgan fingerprint density at radius 3 is 2.70 bits per heavy atom. The Labute approximate surface area is 118 Å². The van der Waals surface area contributed by atoms with Gasteiger partial charge in [0.1, 0.15) is 5.54 Å². The average Bonchev–Trinajstić information content (AvgIpc) is 2.41. The zero-order valence-corrected chi connectivity index (χ0v) is 11.6. The van der Waals surface area contributed by atoms with E-state index in [4.69, 9.17) is 5.73 Å². The number of carboxylic acid groups (broad SMARTS) is 1. The van der Waals surface area contributed by atoms with Crippen molar-refractivity contribution in [3.63, 3.8) is 0 Å². The molecule has 20 heavy (non-hydrogen) atoms. The lowest BCUT2D eigenvalue weighted by Gasteiger charge is -2.41. The van der Waals surface area contributed by atoms with Crippen LogP contribution in [0.1, 0.15) is 42.1 Å². The Kier molecular flexibility index (Phi) is 4.09. The number of primary amides is 1. The molecule has 0 radical (unpaired) electrons. The van der Waals surface area contributed by atoms with Crippen molar-refractivity contribution < 1.29 is 14.7 Å². The molecule has 108 valence electrons. The minimum Gasteiger partial charge on any atom is -0.480 e. The molecule has 2 rings (SSSR count). The Morgan fingerprint density at radius 1 is 1.35 bits per heavy atom. The van der Waals surface area contributed by atoms with Gasteiger partial charge in [0, 0.05) is 12.1 Å². The Balaban J connectivity index is 2.28. The number of nitrogens with zero attached hydrogens (tertiary/aromatic N) is 1. The summed E-state index contributed by atoms with van der Waals surface area (Å²) in [6.45, 7) is 2.90. The third-order valence-electron chi connectivity index (χ3n) is 4.14. The van der Waals surface area contributed by atoms with E-state index in [1.165, 1.54) is 0 Å². The third kappa shape index (κ3) is 2.67. The van der Waals surface area contributed by atoms with Crippen LogP contribution in [-0.2, 0) is 11.3 Å². The molecule has 0 aromatic heterocycles. The van der Waals surface area contributed by atoms with Crippen molar-refractivity contribution in [1.82, 2.24) is 4.90 Å². The van der Waals surface area contributed by atoms with Gasteiger partial charge in [0.2, 0.25) is 5.91 Å². The maximum atomic E-state index is 11.6. The highest BCUT2D eigenvalue weighted by molar-refractivity contribution is 5.94. The maximum absolute atomic E-state index is 11.6. The smallest absolute Gasteiger partial charge is 0.323 e. The molecule has 5 nitrogen and oxygen atoms in total. The predicted octanol–water partition coefficient (Wildman–Crippen LogP) is 1.61. The van der Waals surface area contributed by atoms with E-state index in [9.17, 15) is 14.7 Å². The maximum Gasteiger partial charge on any atom is 0.323 e. The first kappa shape index (κ1) is 14.5. The number of piperidine rings is 1. The third-order valence-corrected chi connectivity index (χ3v) is 4.14. The van der Waals surface area contributed by atoms with Crippen LogP contribution >= 0.6 is 0 Å². The van der Waals surface area contributed by atoms with Gasteiger partial charge >= 0.3 is 5.97 Å². The molecule has 1 fully saturated rings. The summed E-state index contributed by atoms with van der Waals surface area (Å²) < 4.78 is 0. The molecule has 0 saturated carbocycles. The van der Waals surface area contributed by atoms with Crippen LogP contribution in [0, 0.1) is 0 Å². The van der Waals surface area contributed by atoms with E-state index in [0.717, 1.165) is 24.9 Å². The van der Waals surface area contributed by atoms with Crippen LogP contribution in [0.15, 0.2) is 24.3 Å². The second-order valence-corrected chi connectivity index (χ2v) is 5.48. The molecule has 3 N–H and O–H groups in total. The van der Waals surface area contributed by atoms with E-state index in [1.54, 1.807) is 19.1 Å². The first-order chi connectivity index (χ1) is 9.45. The summed E-state index contributed by atoms with van der Waals surface area (Å²) in [4.78, 5) is 24.9. The van der Waals surface area contributed by atoms with Gasteiger partial charge in [-0.3, -0.25) is 14.5 Å². The first-order valence-corrected chi connectivity index (χ1v) is 6.81. The van der Waals surface area contributed by atoms with Crippen LogP contribution in [0.25, 0.3) is 0 Å². The van der Waals surface area contributed by atoms with Crippen LogP contribution in [0.3, 0.4) is 0 Å². The van der Waals surface area contributed by atoms with Crippen LogP contribution in [0.2, 0.25) is 0 Å². The van der Waals surface area contributed by atoms with Crippen LogP contribution in [0.5, 0.6) is 0 Å². The quantitative estimate of drug-likeness (QED) is 0.875. The zero-order valence-electron chi connectivity index (χ0n) is 11.6. The number of nitrogens with two attached hydrogens (primary N) is 1. The van der Waals surface area contributed by atoms with Gasteiger partial charge in [-0.05, 0) is 44.4 Å². The summed E-state index contributed by atoms with van der Waals surface area (Å²) in [5, 5.41) is 9.49. The molecule has 1 unspecified atom stereocenters. The van der Waals surface area contributed by atoms with Crippen molar-refractivity contribution in [1.29, 1.82) is 0 Å². The number of benzene rings is 1. The second-order valence-electron chi connectivity index (χ2n) is 5.48. The van der Waals surface area contributed by atoms with Gasteiger partial charge in [-0.2, -0.15) is 0 Å². The van der Waals surface area contributed by atoms with Crippen LogP contribution in [0.4, 0.5) is 0 Å². The summed E-state index contributed by atoms with van der Waals surface area (Å²) in [6, 6.07) is 7.11. The number of hydrogen-bond donors (Lipinski definition) is 2. The lowest BCUT2D eigenvalue weighted by Crippen LogP contribution is -2.54. The fourth-order valence-electron chi connectivity index (χ4n) is 2.78. The van der Waals surface area contributed by atoms with E-state index in [0.29, 0.717) is 18.5 Å². The van der Waals surface area contributed by atoms with Crippen LogP contribution < -0.4 is 5.73 Å². The standard InChI is InChI=1S/C15H20N2O3/c1-15(14(19)20)8-4-5-9-17(15)10-11-6-2-3-7-12(11)13(16)18/h2-3,6-7H,4-5,8-10H2,1H3,(H2,16,18)(H,19,20). The van der Waals surface area contributed by atoms with Gasteiger partial charge < -0.3 is 10.8 Å². The SMILES string of the molecule is CC1(C(=O)O)CCCCN1Cc1ccccc1C(N)=O. The highest BCUT2D eigenvalue weighted by atomic mass is 16.4. The molecular formula is C15H20N2O3. The summed E-state index contributed by atoms with van der Waals surface area (Å²) in [5.41, 5.74) is 5.75. The van der Waals surface area contributed by atoms with Crippen LogP contribution in [-0.4, -0.2) is 34.0 Å². The van der Waals surface area contributed by atoms with E-state index in [2.05, 4.69) is 0 Å². The predicted molar refractivity (Wildman–Crippen MR) is 75.3 cm³/mol. The Hall–Kier alpha value is -1.88. The average molecular weight is 276 g/mol. The molecule has 0 aliphatic carbocycles. The number of aliphatic carboxylic acids is 1. The lowest BCUT2D eigenvalue weighted by atomic mass is 9.87. The molecule has 1 aromatic carbocycles. The summed E-state index contributed by atoms with van der Waals surface area (Å²) in [7, 11) is 0. The summed E-state index contributed by atoms with van der Waals surface area (Å²) in [6.07, 6.45) is 2.51. The normalized spacial score (nSPS) is 23.4. The number of hydrogen-bond acceptors (Lipinski definition) is 3. The molecule has 0 bridgehead atoms.